The third-order valence-corrected chi connectivity index (χ3v) is 3.76. The van der Waals surface area contributed by atoms with E-state index < -0.39 is 0 Å². The quantitative estimate of drug-likeness (QED) is 0.370. The molecule has 1 unspecified atom stereocenters. The first kappa shape index (κ1) is 16.5. The smallest absolute Gasteiger partial charge is 0.267 e. The van der Waals surface area contributed by atoms with Gasteiger partial charge in [-0.1, -0.05) is 13.0 Å². The molecule has 0 saturated carbocycles. The number of nitrogens with zero attached hydrogens (tertiary/aromatic N) is 1. The Morgan fingerprint density at radius 1 is 1.60 bits per heavy atom. The van der Waals surface area contributed by atoms with E-state index in [4.69, 9.17) is 5.73 Å². The van der Waals surface area contributed by atoms with Crippen LogP contribution in [0.1, 0.15) is 6.92 Å². The Morgan fingerprint density at radius 3 is 2.90 bits per heavy atom. The number of rotatable bonds is 8. The van der Waals surface area contributed by atoms with E-state index >= 15 is 0 Å². The monoisotopic (exact) mass is 297 g/mol. The first-order chi connectivity index (χ1) is 9.51. The van der Waals surface area contributed by atoms with Crippen LogP contribution in [0, 0.1) is 5.92 Å². The maximum absolute atomic E-state index is 11.9. The minimum atomic E-state index is -0.321. The molecule has 6 nitrogen and oxygen atoms in total. The minimum Gasteiger partial charge on any atom is -0.355 e. The molecule has 0 aliphatic carbocycles. The molecule has 0 aromatic rings. The van der Waals surface area contributed by atoms with E-state index in [0.717, 1.165) is 4.90 Å². The molecule has 0 fully saturated rings. The zero-order chi connectivity index (χ0) is 15.1. The van der Waals surface area contributed by atoms with Gasteiger partial charge in [0.25, 0.3) is 11.8 Å². The lowest BCUT2D eigenvalue weighted by atomic mass is 10.2. The Labute approximate surface area is 122 Å². The Kier molecular flexibility index (Phi) is 6.47. The number of imide groups is 1. The number of hydrogen-bond acceptors (Lipinski definition) is 5. The van der Waals surface area contributed by atoms with Gasteiger partial charge < -0.3 is 11.1 Å². The lowest BCUT2D eigenvalue weighted by Gasteiger charge is -2.12. The summed E-state index contributed by atoms with van der Waals surface area (Å²) in [6, 6.07) is 0. The molecule has 0 saturated heterocycles. The number of nitrogens with two attached hydrogens (primary N) is 1. The zero-order valence-electron chi connectivity index (χ0n) is 11.4. The van der Waals surface area contributed by atoms with Gasteiger partial charge in [-0.2, -0.15) is 0 Å². The largest absolute Gasteiger partial charge is 0.355 e. The van der Waals surface area contributed by atoms with Crippen molar-refractivity contribution < 1.29 is 14.4 Å². The summed E-state index contributed by atoms with van der Waals surface area (Å²) in [5, 5.41) is 2.73. The van der Waals surface area contributed by atoms with Gasteiger partial charge in [0, 0.05) is 37.4 Å². The van der Waals surface area contributed by atoms with Crippen molar-refractivity contribution in [2.24, 2.45) is 11.7 Å². The van der Waals surface area contributed by atoms with Gasteiger partial charge in [0.05, 0.1) is 4.91 Å². The summed E-state index contributed by atoms with van der Waals surface area (Å²) in [6.07, 6.45) is 2.83. The van der Waals surface area contributed by atoms with Crippen molar-refractivity contribution in [3.8, 4) is 0 Å². The van der Waals surface area contributed by atoms with Gasteiger partial charge in [-0.15, -0.1) is 18.3 Å². The van der Waals surface area contributed by atoms with Crippen molar-refractivity contribution in [3.63, 3.8) is 0 Å². The maximum Gasteiger partial charge on any atom is 0.267 e. The zero-order valence-corrected chi connectivity index (χ0v) is 12.2. The number of amides is 3. The molecule has 0 spiro atoms. The van der Waals surface area contributed by atoms with Crippen molar-refractivity contribution in [1.82, 2.24) is 10.2 Å². The fourth-order valence-electron chi connectivity index (χ4n) is 1.51. The van der Waals surface area contributed by atoms with Crippen LogP contribution < -0.4 is 11.1 Å². The molecule has 1 rings (SSSR count). The van der Waals surface area contributed by atoms with Crippen LogP contribution in [0.3, 0.4) is 0 Å². The lowest BCUT2D eigenvalue weighted by Crippen LogP contribution is -2.34. The van der Waals surface area contributed by atoms with E-state index in [2.05, 4.69) is 11.9 Å². The predicted molar refractivity (Wildman–Crippen MR) is 78.7 cm³/mol. The number of carbonyl (C=O) groups excluding carboxylic acids is 3. The Morgan fingerprint density at radius 2 is 2.30 bits per heavy atom. The number of nitrogens with one attached hydrogen (secondary N) is 1. The molecule has 0 aromatic heterocycles. The van der Waals surface area contributed by atoms with Crippen LogP contribution in [0.2, 0.25) is 0 Å². The third-order valence-electron chi connectivity index (χ3n) is 2.75. The highest BCUT2D eigenvalue weighted by Gasteiger charge is 2.29. The van der Waals surface area contributed by atoms with Crippen LogP contribution in [-0.2, 0) is 14.4 Å². The highest BCUT2D eigenvalue weighted by Crippen LogP contribution is 2.23. The molecule has 0 aromatic carbocycles. The average molecular weight is 297 g/mol. The molecule has 20 heavy (non-hydrogen) atoms. The Hall–Kier alpha value is -1.60. The first-order valence-corrected chi connectivity index (χ1v) is 7.28. The molecule has 3 N–H and O–H groups in total. The molecular formula is C13H19N3O3S. The fourth-order valence-corrected chi connectivity index (χ4v) is 2.35. The van der Waals surface area contributed by atoms with Crippen molar-refractivity contribution >= 4 is 29.5 Å². The maximum atomic E-state index is 11.9. The fraction of sp³-hybridized carbons (Fsp3) is 0.462. The minimum absolute atomic E-state index is 0.107. The van der Waals surface area contributed by atoms with E-state index in [1.165, 1.54) is 23.9 Å². The van der Waals surface area contributed by atoms with E-state index in [-0.39, 0.29) is 30.2 Å². The van der Waals surface area contributed by atoms with Gasteiger partial charge in [0.1, 0.15) is 0 Å². The molecule has 0 radical (unpaired) electrons. The van der Waals surface area contributed by atoms with Gasteiger partial charge in [0.2, 0.25) is 5.91 Å². The lowest BCUT2D eigenvalue weighted by molar-refractivity contribution is -0.136. The second kappa shape index (κ2) is 7.86. The van der Waals surface area contributed by atoms with Crippen molar-refractivity contribution in [2.45, 2.75) is 6.92 Å². The van der Waals surface area contributed by atoms with Crippen LogP contribution in [-0.4, -0.2) is 48.0 Å². The summed E-state index contributed by atoms with van der Waals surface area (Å²) in [6.45, 7) is 6.19. The molecule has 1 heterocycles. The molecule has 110 valence electrons. The SMILES string of the molecule is C=CCN1C(=O)C=C(SCCNC(=O)C(C)CN)C1=O. The van der Waals surface area contributed by atoms with Crippen molar-refractivity contribution in [2.75, 3.05) is 25.4 Å². The predicted octanol–water partition coefficient (Wildman–Crippen LogP) is -0.131. The van der Waals surface area contributed by atoms with Crippen LogP contribution in [0.4, 0.5) is 0 Å². The highest BCUT2D eigenvalue weighted by atomic mass is 32.2. The summed E-state index contributed by atoms with van der Waals surface area (Å²) < 4.78 is 0. The van der Waals surface area contributed by atoms with E-state index in [1.54, 1.807) is 6.92 Å². The molecule has 3 amide bonds. The summed E-state index contributed by atoms with van der Waals surface area (Å²) >= 11 is 1.26. The van der Waals surface area contributed by atoms with E-state index in [1.807, 2.05) is 0 Å². The van der Waals surface area contributed by atoms with Crippen molar-refractivity contribution in [1.29, 1.82) is 0 Å². The van der Waals surface area contributed by atoms with Gasteiger partial charge in [-0.3, -0.25) is 19.3 Å². The van der Waals surface area contributed by atoms with Crippen LogP contribution >= 0.6 is 11.8 Å². The van der Waals surface area contributed by atoms with Crippen LogP contribution in [0.25, 0.3) is 0 Å². The number of hydrogen-bond donors (Lipinski definition) is 2. The molecular weight excluding hydrogens is 278 g/mol. The summed E-state index contributed by atoms with van der Waals surface area (Å²) in [7, 11) is 0. The standard InChI is InChI=1S/C13H19N3O3S/c1-3-5-16-11(17)7-10(13(16)19)20-6-4-15-12(18)9(2)8-14/h3,7,9H,1,4-6,8,14H2,2H3,(H,15,18). The Balaban J connectivity index is 2.35. The summed E-state index contributed by atoms with van der Waals surface area (Å²) in [4.78, 5) is 36.4. The van der Waals surface area contributed by atoms with Gasteiger partial charge in [-0.25, -0.2) is 0 Å². The Bertz CT molecular complexity index is 448. The van der Waals surface area contributed by atoms with Crippen molar-refractivity contribution in [3.05, 3.63) is 23.6 Å². The normalized spacial score (nSPS) is 16.1. The van der Waals surface area contributed by atoms with Gasteiger partial charge in [-0.05, 0) is 0 Å². The molecule has 0 bridgehead atoms. The number of thioether (sulfide) groups is 1. The van der Waals surface area contributed by atoms with Crippen LogP contribution in [0.5, 0.6) is 0 Å². The average Bonchev–Trinajstić information content (AvgIpc) is 2.70. The highest BCUT2D eigenvalue weighted by molar-refractivity contribution is 8.04. The van der Waals surface area contributed by atoms with E-state index in [9.17, 15) is 14.4 Å². The summed E-state index contributed by atoms with van der Waals surface area (Å²) in [5.41, 5.74) is 5.38. The summed E-state index contributed by atoms with van der Waals surface area (Å²) in [5.74, 6) is -0.434. The van der Waals surface area contributed by atoms with Crippen LogP contribution in [0.15, 0.2) is 23.6 Å². The van der Waals surface area contributed by atoms with Gasteiger partial charge in [0.15, 0.2) is 0 Å². The molecule has 1 aliphatic rings. The molecule has 1 aliphatic heterocycles. The van der Waals surface area contributed by atoms with Gasteiger partial charge >= 0.3 is 0 Å². The first-order valence-electron chi connectivity index (χ1n) is 6.30. The molecule has 7 heteroatoms. The second-order valence-electron chi connectivity index (χ2n) is 4.33. The second-order valence-corrected chi connectivity index (χ2v) is 5.46. The topological polar surface area (TPSA) is 92.5 Å². The molecule has 1 atom stereocenters. The number of carbonyl (C=O) groups is 3. The third kappa shape index (κ3) is 4.21. The van der Waals surface area contributed by atoms with E-state index in [0.29, 0.717) is 23.7 Å².